The first-order chi connectivity index (χ1) is 29.0. The Hall–Kier alpha value is -2.86. The number of methoxy groups -OCH3 is 2. The predicted octanol–water partition coefficient (Wildman–Crippen LogP) is 5.17. The van der Waals surface area contributed by atoms with Crippen LogP contribution in [0.4, 0.5) is 0 Å². The van der Waals surface area contributed by atoms with E-state index in [1.165, 1.54) is 14.2 Å². The van der Waals surface area contributed by atoms with Gasteiger partial charge in [0.25, 0.3) is 0 Å². The van der Waals surface area contributed by atoms with Gasteiger partial charge in [-0.15, -0.1) is 0 Å². The van der Waals surface area contributed by atoms with E-state index in [1.807, 2.05) is 66.6 Å². The summed E-state index contributed by atoms with van der Waals surface area (Å²) in [7, 11) is 6.84. The molecule has 4 aliphatic rings. The molecule has 4 aliphatic heterocycles. The number of esters is 2. The first kappa shape index (κ1) is 50.1. The number of aliphatic hydroxyl groups excluding tert-OH is 1. The smallest absolute Gasteiger partial charge is 0.338 e. The number of rotatable bonds is 10. The molecule has 0 aliphatic carbocycles. The van der Waals surface area contributed by atoms with Crippen LogP contribution in [0.5, 0.6) is 0 Å². The fourth-order valence-electron chi connectivity index (χ4n) is 10.6. The van der Waals surface area contributed by atoms with Crippen molar-refractivity contribution < 1.29 is 66.9 Å². The number of ketones is 2. The highest BCUT2D eigenvalue weighted by Crippen LogP contribution is 2.45. The van der Waals surface area contributed by atoms with Gasteiger partial charge in [-0.3, -0.25) is 14.4 Å². The molecule has 0 amide bonds. The molecule has 1 aromatic rings. The van der Waals surface area contributed by atoms with Crippen LogP contribution in [-0.2, 0) is 57.0 Å². The Balaban J connectivity index is 1.59. The molecule has 15 heteroatoms. The summed E-state index contributed by atoms with van der Waals surface area (Å²) in [6.45, 7) is 17.9. The minimum atomic E-state index is -1.28. The van der Waals surface area contributed by atoms with Gasteiger partial charge in [0.15, 0.2) is 24.5 Å². The molecule has 0 aromatic heterocycles. The molecular weight excluding hydrogens is 803 g/mol. The molecule has 3 unspecified atom stereocenters. The Bertz CT molecular complexity index is 1710. The average molecular weight is 876 g/mol. The lowest BCUT2D eigenvalue weighted by Gasteiger charge is -2.50. The van der Waals surface area contributed by atoms with E-state index in [1.54, 1.807) is 52.0 Å². The number of nitrogens with zero attached hydrogens (tertiary/aromatic N) is 1. The molecule has 4 heterocycles. The summed E-state index contributed by atoms with van der Waals surface area (Å²) < 4.78 is 57.8. The highest BCUT2D eigenvalue weighted by Gasteiger charge is 2.58. The summed E-state index contributed by atoms with van der Waals surface area (Å²) in [5.41, 5.74) is -3.25. The SMILES string of the molecule is CC[C@H]1OC(=O)[C@H](C)[C@@H](O[C@H]2C[C@@](C)(OC)C(OC(=O)c3ccccc3)[C@H](C)O2)[C@H](C)[C@@H](O[C@@H]2O[C@H](C)C[C@H](N(C)C)[C@H]2O)[C@](C)(OC)CC(C)C(=O)C(C)[C@@H]2C(=O)CO[C@]12C. The zero-order valence-electron chi connectivity index (χ0n) is 39.3. The number of benzene rings is 1. The number of Topliss-reactive ketones (excluding diaryl/α,β-unsaturated/α-hetero) is 2. The van der Waals surface area contributed by atoms with Crippen molar-refractivity contribution in [3.8, 4) is 0 Å². The van der Waals surface area contributed by atoms with Crippen LogP contribution in [0.15, 0.2) is 30.3 Å². The number of hydrogen-bond donors (Lipinski definition) is 1. The van der Waals surface area contributed by atoms with E-state index in [-0.39, 0.29) is 43.2 Å². The number of carbonyl (C=O) groups is 4. The Labute approximate surface area is 368 Å². The number of cyclic esters (lactones) is 1. The topological polar surface area (TPSA) is 175 Å². The van der Waals surface area contributed by atoms with Crippen LogP contribution in [0, 0.1) is 29.6 Å². The fourth-order valence-corrected chi connectivity index (χ4v) is 10.6. The first-order valence-corrected chi connectivity index (χ1v) is 22.3. The Kier molecular flexibility index (Phi) is 16.3. The van der Waals surface area contributed by atoms with Crippen molar-refractivity contribution >= 4 is 23.5 Å². The zero-order valence-corrected chi connectivity index (χ0v) is 39.3. The van der Waals surface area contributed by atoms with Crippen LogP contribution >= 0.6 is 0 Å². The lowest BCUT2D eigenvalue weighted by molar-refractivity contribution is -0.319. The van der Waals surface area contributed by atoms with Crippen molar-refractivity contribution in [3.63, 3.8) is 0 Å². The maximum absolute atomic E-state index is 14.7. The Morgan fingerprint density at radius 2 is 1.50 bits per heavy atom. The summed E-state index contributed by atoms with van der Waals surface area (Å²) in [6.07, 6.45) is -6.78. The van der Waals surface area contributed by atoms with E-state index in [0.717, 1.165) is 0 Å². The van der Waals surface area contributed by atoms with Crippen molar-refractivity contribution in [3.05, 3.63) is 35.9 Å². The lowest BCUT2D eigenvalue weighted by atomic mass is 9.70. The van der Waals surface area contributed by atoms with E-state index in [4.69, 9.17) is 42.6 Å². The van der Waals surface area contributed by atoms with Gasteiger partial charge in [0.2, 0.25) is 0 Å². The number of hydrogen-bond acceptors (Lipinski definition) is 15. The number of ether oxygens (including phenoxy) is 9. The minimum Gasteiger partial charge on any atom is -0.459 e. The van der Waals surface area contributed by atoms with E-state index >= 15 is 0 Å². The van der Waals surface area contributed by atoms with Gasteiger partial charge in [-0.25, -0.2) is 4.79 Å². The van der Waals surface area contributed by atoms with Crippen LogP contribution in [0.3, 0.4) is 0 Å². The van der Waals surface area contributed by atoms with Gasteiger partial charge < -0.3 is 52.6 Å². The van der Waals surface area contributed by atoms with Gasteiger partial charge in [0.1, 0.15) is 35.8 Å². The standard InChI is InChI=1S/C47H73NO14/c1-15-34-47(10)36(33(49)24-56-47)27(4)37(50)25(2)22-45(8,54-13)40(62-44-38(51)32(48(11)12)21-26(3)57-44)28(5)39(29(6)42(52)59-34)60-35-23-46(9,55-14)41(30(7)58-35)61-43(53)31-19-17-16-18-20-31/h16-20,25-30,32,34-36,38-41,44,51H,15,21-24H2,1-14H3/t25?,26-,27?,28+,29-,30+,32+,34-,35+,36-,38-,39+,40-,41?,44+,45-,46-,47-/m1/s1. The van der Waals surface area contributed by atoms with Crippen LogP contribution in [0.2, 0.25) is 0 Å². The molecular formula is C47H73NO14. The van der Waals surface area contributed by atoms with Gasteiger partial charge in [-0.05, 0) is 87.0 Å². The van der Waals surface area contributed by atoms with E-state index in [9.17, 15) is 24.3 Å². The summed E-state index contributed by atoms with van der Waals surface area (Å²) in [6, 6.07) is 8.37. The van der Waals surface area contributed by atoms with Gasteiger partial charge in [0, 0.05) is 44.4 Å². The van der Waals surface area contributed by atoms with Crippen LogP contribution in [0.1, 0.15) is 105 Å². The summed E-state index contributed by atoms with van der Waals surface area (Å²) in [5, 5.41) is 11.8. The number of aliphatic hydroxyl groups is 1. The van der Waals surface area contributed by atoms with Gasteiger partial charge in [-0.2, -0.15) is 0 Å². The highest BCUT2D eigenvalue weighted by atomic mass is 16.7. The second-order valence-electron chi connectivity index (χ2n) is 19.1. The Morgan fingerprint density at radius 1 is 0.871 bits per heavy atom. The maximum atomic E-state index is 14.7. The summed E-state index contributed by atoms with van der Waals surface area (Å²) in [5.74, 6) is -5.56. The van der Waals surface area contributed by atoms with Gasteiger partial charge in [-0.1, -0.05) is 45.9 Å². The maximum Gasteiger partial charge on any atom is 0.338 e. The molecule has 1 aromatic carbocycles. The first-order valence-electron chi connectivity index (χ1n) is 22.3. The molecule has 0 saturated carbocycles. The molecule has 1 N–H and O–H groups in total. The third-order valence-corrected chi connectivity index (χ3v) is 14.4. The third kappa shape index (κ3) is 10.2. The fraction of sp³-hybridized carbons (Fsp3) is 0.787. The molecule has 0 bridgehead atoms. The van der Waals surface area contributed by atoms with E-state index in [2.05, 4.69) is 0 Å². The highest BCUT2D eigenvalue weighted by molar-refractivity contribution is 5.93. The van der Waals surface area contributed by atoms with Crippen LogP contribution in [0.25, 0.3) is 0 Å². The largest absolute Gasteiger partial charge is 0.459 e. The number of likely N-dealkylation sites (N-methyl/N-ethyl adjacent to an activating group) is 1. The molecule has 0 radical (unpaired) electrons. The van der Waals surface area contributed by atoms with Crippen LogP contribution < -0.4 is 0 Å². The summed E-state index contributed by atoms with van der Waals surface area (Å²) in [4.78, 5) is 58.0. The molecule has 62 heavy (non-hydrogen) atoms. The summed E-state index contributed by atoms with van der Waals surface area (Å²) >= 11 is 0. The van der Waals surface area contributed by atoms with E-state index < -0.39 is 108 Å². The molecule has 4 fully saturated rings. The lowest BCUT2D eigenvalue weighted by Crippen LogP contribution is -2.61. The third-order valence-electron chi connectivity index (χ3n) is 14.4. The number of fused-ring (bicyclic) bond motifs is 1. The molecule has 0 spiro atoms. The predicted molar refractivity (Wildman–Crippen MR) is 227 cm³/mol. The zero-order chi connectivity index (χ0) is 46.1. The molecule has 18 atom stereocenters. The second-order valence-corrected chi connectivity index (χ2v) is 19.1. The molecule has 4 saturated heterocycles. The van der Waals surface area contributed by atoms with E-state index in [0.29, 0.717) is 18.4 Å². The second kappa shape index (κ2) is 20.1. The molecule has 5 rings (SSSR count). The quantitative estimate of drug-likeness (QED) is 0.305. The van der Waals surface area contributed by atoms with Crippen molar-refractivity contribution in [2.24, 2.45) is 29.6 Å². The normalized spacial score (nSPS) is 43.7. The monoisotopic (exact) mass is 876 g/mol. The van der Waals surface area contributed by atoms with Crippen molar-refractivity contribution in [1.82, 2.24) is 4.90 Å². The van der Waals surface area contributed by atoms with Gasteiger partial charge in [0.05, 0.1) is 47.4 Å². The Morgan fingerprint density at radius 3 is 2.10 bits per heavy atom. The van der Waals surface area contributed by atoms with Crippen LogP contribution in [-0.4, -0.2) is 147 Å². The molecule has 15 nitrogen and oxygen atoms in total. The minimum absolute atomic E-state index is 0.0990. The van der Waals surface area contributed by atoms with Crippen molar-refractivity contribution in [2.75, 3.05) is 34.9 Å². The van der Waals surface area contributed by atoms with Gasteiger partial charge >= 0.3 is 11.9 Å². The molecule has 350 valence electrons. The van der Waals surface area contributed by atoms with Crippen molar-refractivity contribution in [2.45, 2.75) is 173 Å². The number of carbonyl (C=O) groups excluding carboxylic acids is 4. The average Bonchev–Trinajstić information content (AvgIpc) is 3.55. The van der Waals surface area contributed by atoms with Crippen molar-refractivity contribution in [1.29, 1.82) is 0 Å².